The summed E-state index contributed by atoms with van der Waals surface area (Å²) in [6, 6.07) is 0.701. The third kappa shape index (κ3) is 1.91. The number of piperidine rings is 1. The number of hydrogen-bond acceptors (Lipinski definition) is 2. The Morgan fingerprint density at radius 1 is 1.00 bits per heavy atom. The monoisotopic (exact) mass is 224 g/mol. The number of nitrogens with one attached hydrogen (secondary N) is 2. The van der Waals surface area contributed by atoms with Crippen molar-refractivity contribution in [1.82, 2.24) is 10.6 Å². The molecule has 0 aromatic rings. The largest absolute Gasteiger partial charge is 0.317 e. The summed E-state index contributed by atoms with van der Waals surface area (Å²) in [4.78, 5) is 0. The van der Waals surface area contributed by atoms with Gasteiger partial charge in [0.15, 0.2) is 0 Å². The molecule has 0 radical (unpaired) electrons. The van der Waals surface area contributed by atoms with E-state index in [-0.39, 0.29) is 0 Å². The maximum atomic E-state index is 3.82. The first-order chi connectivity index (χ1) is 7.30. The zero-order valence-electron chi connectivity index (χ0n) is 11.6. The molecule has 1 saturated heterocycles. The van der Waals surface area contributed by atoms with Gasteiger partial charge in [0.25, 0.3) is 0 Å². The predicted molar refractivity (Wildman–Crippen MR) is 69.6 cm³/mol. The third-order valence-corrected chi connectivity index (χ3v) is 5.56. The van der Waals surface area contributed by atoms with E-state index in [2.05, 4.69) is 45.3 Å². The fourth-order valence-corrected chi connectivity index (χ4v) is 3.26. The highest BCUT2D eigenvalue weighted by molar-refractivity contribution is 5.18. The molecule has 2 heteroatoms. The summed E-state index contributed by atoms with van der Waals surface area (Å²) in [5.74, 6) is 0. The molecule has 0 atom stereocenters. The van der Waals surface area contributed by atoms with E-state index < -0.39 is 0 Å². The van der Waals surface area contributed by atoms with E-state index in [4.69, 9.17) is 0 Å². The van der Waals surface area contributed by atoms with Crippen LogP contribution in [-0.4, -0.2) is 25.7 Å². The minimum atomic E-state index is 0.469. The van der Waals surface area contributed by atoms with Crippen molar-refractivity contribution in [1.29, 1.82) is 0 Å². The second-order valence-electron chi connectivity index (χ2n) is 7.32. The van der Waals surface area contributed by atoms with Crippen LogP contribution in [0.15, 0.2) is 0 Å². The molecule has 0 bridgehead atoms. The summed E-state index contributed by atoms with van der Waals surface area (Å²) in [5, 5.41) is 7.27. The van der Waals surface area contributed by atoms with Crippen molar-refractivity contribution in [2.24, 2.45) is 16.2 Å². The summed E-state index contributed by atoms with van der Waals surface area (Å²) in [7, 11) is 0. The highest BCUT2D eigenvalue weighted by atomic mass is 15.1. The lowest BCUT2D eigenvalue weighted by molar-refractivity contribution is 0.216. The van der Waals surface area contributed by atoms with Crippen LogP contribution >= 0.6 is 0 Å². The maximum absolute atomic E-state index is 3.82. The van der Waals surface area contributed by atoms with Gasteiger partial charge in [-0.3, -0.25) is 0 Å². The van der Waals surface area contributed by atoms with Crippen LogP contribution in [0.5, 0.6) is 0 Å². The molecule has 2 aliphatic rings. The van der Waals surface area contributed by atoms with Crippen LogP contribution in [0.25, 0.3) is 0 Å². The van der Waals surface area contributed by atoms with Gasteiger partial charge in [0.1, 0.15) is 0 Å². The average molecular weight is 224 g/mol. The van der Waals surface area contributed by atoms with Crippen molar-refractivity contribution < 1.29 is 0 Å². The van der Waals surface area contributed by atoms with Crippen molar-refractivity contribution >= 4 is 0 Å². The van der Waals surface area contributed by atoms with Gasteiger partial charge < -0.3 is 10.6 Å². The summed E-state index contributed by atoms with van der Waals surface area (Å²) < 4.78 is 0. The second kappa shape index (κ2) is 3.71. The zero-order valence-corrected chi connectivity index (χ0v) is 11.6. The van der Waals surface area contributed by atoms with E-state index in [1.165, 1.54) is 32.5 Å². The molecule has 2 N–H and O–H groups in total. The first kappa shape index (κ1) is 12.4. The highest BCUT2D eigenvalue weighted by Crippen LogP contribution is 2.62. The van der Waals surface area contributed by atoms with Crippen LogP contribution in [0.4, 0.5) is 0 Å². The van der Waals surface area contributed by atoms with E-state index in [0.29, 0.717) is 22.3 Å². The minimum Gasteiger partial charge on any atom is -0.317 e. The predicted octanol–water partition coefficient (Wildman–Crippen LogP) is 2.40. The molecule has 1 heterocycles. The van der Waals surface area contributed by atoms with Crippen LogP contribution < -0.4 is 10.6 Å². The van der Waals surface area contributed by atoms with E-state index in [9.17, 15) is 0 Å². The summed E-state index contributed by atoms with van der Waals surface area (Å²) in [6.07, 6.45) is 2.63. The molecule has 0 unspecified atom stereocenters. The lowest BCUT2D eigenvalue weighted by atomic mass is 9.81. The highest BCUT2D eigenvalue weighted by Gasteiger charge is 2.64. The molecule has 0 amide bonds. The molecule has 16 heavy (non-hydrogen) atoms. The van der Waals surface area contributed by atoms with E-state index >= 15 is 0 Å². The average Bonchev–Trinajstić information content (AvgIpc) is 2.56. The van der Waals surface area contributed by atoms with Crippen molar-refractivity contribution in [3.63, 3.8) is 0 Å². The normalized spacial score (nSPS) is 31.3. The van der Waals surface area contributed by atoms with Crippen LogP contribution in [-0.2, 0) is 0 Å². The molecular formula is C14H28N2. The summed E-state index contributed by atoms with van der Waals surface area (Å²) in [5.41, 5.74) is 1.45. The SMILES string of the molecule is CC1(CNC2C(C)(C)C2(C)C)CCNCC1. The molecule has 1 aliphatic carbocycles. The number of hydrogen-bond donors (Lipinski definition) is 2. The fraction of sp³-hybridized carbons (Fsp3) is 1.00. The van der Waals surface area contributed by atoms with Gasteiger partial charge in [-0.2, -0.15) is 0 Å². The van der Waals surface area contributed by atoms with Crippen molar-refractivity contribution in [2.75, 3.05) is 19.6 Å². The molecule has 1 saturated carbocycles. The Kier molecular flexibility index (Phi) is 2.87. The maximum Gasteiger partial charge on any atom is 0.0181 e. The van der Waals surface area contributed by atoms with Crippen molar-refractivity contribution in [2.45, 2.75) is 53.5 Å². The zero-order chi connectivity index (χ0) is 12.0. The molecule has 1 aliphatic heterocycles. The summed E-state index contributed by atoms with van der Waals surface area (Å²) >= 11 is 0. The minimum absolute atomic E-state index is 0.469. The van der Waals surface area contributed by atoms with Crippen LogP contribution in [0.2, 0.25) is 0 Å². The Balaban J connectivity index is 1.84. The standard InChI is InChI=1S/C14H28N2/c1-12(2)11(13(12,3)4)16-10-14(5)6-8-15-9-7-14/h11,15-16H,6-10H2,1-5H3. The Morgan fingerprint density at radius 2 is 1.50 bits per heavy atom. The van der Waals surface area contributed by atoms with Gasteiger partial charge in [-0.15, -0.1) is 0 Å². The Hall–Kier alpha value is -0.0800. The topological polar surface area (TPSA) is 24.1 Å². The molecule has 2 fully saturated rings. The summed E-state index contributed by atoms with van der Waals surface area (Å²) in [6.45, 7) is 15.5. The quantitative estimate of drug-likeness (QED) is 0.769. The Labute approximate surface area is 101 Å². The van der Waals surface area contributed by atoms with Gasteiger partial charge in [0, 0.05) is 12.6 Å². The molecule has 0 aromatic carbocycles. The lowest BCUT2D eigenvalue weighted by Crippen LogP contribution is -2.42. The van der Waals surface area contributed by atoms with Gasteiger partial charge in [0.05, 0.1) is 0 Å². The lowest BCUT2D eigenvalue weighted by Gasteiger charge is -2.34. The van der Waals surface area contributed by atoms with Crippen molar-refractivity contribution in [3.05, 3.63) is 0 Å². The Morgan fingerprint density at radius 3 is 1.94 bits per heavy atom. The first-order valence-electron chi connectivity index (χ1n) is 6.74. The first-order valence-corrected chi connectivity index (χ1v) is 6.74. The molecule has 0 aromatic heterocycles. The van der Waals surface area contributed by atoms with Crippen LogP contribution in [0.3, 0.4) is 0 Å². The fourth-order valence-electron chi connectivity index (χ4n) is 3.26. The molecular weight excluding hydrogens is 196 g/mol. The molecule has 2 nitrogen and oxygen atoms in total. The molecule has 0 spiro atoms. The third-order valence-electron chi connectivity index (χ3n) is 5.56. The van der Waals surface area contributed by atoms with E-state index in [1.807, 2.05) is 0 Å². The van der Waals surface area contributed by atoms with Gasteiger partial charge in [-0.05, 0) is 42.2 Å². The van der Waals surface area contributed by atoms with Gasteiger partial charge in [0.2, 0.25) is 0 Å². The van der Waals surface area contributed by atoms with Crippen LogP contribution in [0.1, 0.15) is 47.5 Å². The van der Waals surface area contributed by atoms with Gasteiger partial charge in [-0.1, -0.05) is 34.6 Å². The van der Waals surface area contributed by atoms with E-state index in [0.717, 1.165) is 0 Å². The molecule has 94 valence electrons. The van der Waals surface area contributed by atoms with Gasteiger partial charge in [-0.25, -0.2) is 0 Å². The van der Waals surface area contributed by atoms with E-state index in [1.54, 1.807) is 0 Å². The van der Waals surface area contributed by atoms with Crippen molar-refractivity contribution in [3.8, 4) is 0 Å². The van der Waals surface area contributed by atoms with Crippen LogP contribution in [0, 0.1) is 16.2 Å². The smallest absolute Gasteiger partial charge is 0.0181 e. The molecule has 2 rings (SSSR count). The Bertz CT molecular complexity index is 248. The van der Waals surface area contributed by atoms with Gasteiger partial charge >= 0.3 is 0 Å². The second-order valence-corrected chi connectivity index (χ2v) is 7.32. The number of rotatable bonds is 3.